The number of pyridine rings is 1. The molecule has 2 heterocycles. The highest BCUT2D eigenvalue weighted by atomic mass is 19.3. The minimum atomic E-state index is -3.13. The third kappa shape index (κ3) is 5.62. The van der Waals surface area contributed by atoms with E-state index in [1.807, 2.05) is 13.8 Å². The summed E-state index contributed by atoms with van der Waals surface area (Å²) in [6, 6.07) is 4.50. The van der Waals surface area contributed by atoms with Crippen LogP contribution in [0.4, 0.5) is 17.6 Å². The van der Waals surface area contributed by atoms with Crippen molar-refractivity contribution in [3.63, 3.8) is 0 Å². The Hall–Kier alpha value is -3.14. The van der Waals surface area contributed by atoms with Crippen molar-refractivity contribution in [2.24, 2.45) is 5.73 Å². The highest BCUT2D eigenvalue weighted by Gasteiger charge is 2.24. The van der Waals surface area contributed by atoms with Gasteiger partial charge in [0.05, 0.1) is 17.5 Å². The lowest BCUT2D eigenvalue weighted by Gasteiger charge is -2.21. The van der Waals surface area contributed by atoms with Crippen molar-refractivity contribution in [3.8, 4) is 11.5 Å². The van der Waals surface area contributed by atoms with Crippen LogP contribution in [0.2, 0.25) is 0 Å². The molecule has 1 unspecified atom stereocenters. The Balaban J connectivity index is 2.01. The van der Waals surface area contributed by atoms with Gasteiger partial charge in [-0.05, 0) is 38.8 Å². The number of ether oxygens (including phenoxy) is 2. The Morgan fingerprint density at radius 3 is 2.55 bits per heavy atom. The normalized spacial score (nSPS) is 13.4. The van der Waals surface area contributed by atoms with Gasteiger partial charge in [-0.15, -0.1) is 0 Å². The number of Topliss-reactive ketones (excluding diaryl/α,β-unsaturated/α-hetero) is 1. The van der Waals surface area contributed by atoms with Gasteiger partial charge in [-0.25, -0.2) is 13.8 Å². The first kappa shape index (κ1) is 24.5. The van der Waals surface area contributed by atoms with E-state index in [0.717, 1.165) is 18.2 Å². The molecule has 178 valence electrons. The summed E-state index contributed by atoms with van der Waals surface area (Å²) in [6.07, 6.45) is 2.40. The Bertz CT molecular complexity index is 1140. The molecule has 2 N–H and O–H groups in total. The Morgan fingerprint density at radius 2 is 1.94 bits per heavy atom. The SMILES string of the molecule is CCC(C)(N)CCC(=O)c1c(C)nc2c(OCc3c(F)cccc3F)cc(OC(F)F)cn12. The smallest absolute Gasteiger partial charge is 0.387 e. The topological polar surface area (TPSA) is 78.9 Å². The molecule has 0 aliphatic carbocycles. The van der Waals surface area contributed by atoms with Gasteiger partial charge in [-0.3, -0.25) is 9.20 Å². The van der Waals surface area contributed by atoms with Crippen LogP contribution in [-0.4, -0.2) is 27.3 Å². The van der Waals surface area contributed by atoms with Crippen LogP contribution in [-0.2, 0) is 6.61 Å². The standard InChI is InChI=1S/C23H25F4N3O3/c1-4-23(3,28)9-8-18(31)20-13(2)29-21-19(10-14(11-30(20)21)33-22(26)27)32-12-15-16(24)6-5-7-17(15)25/h5-7,10-11,22H,4,8-9,12,28H2,1-3H3. The average Bonchev–Trinajstić information content (AvgIpc) is 3.07. The molecular formula is C23H25F4N3O3. The number of halogens is 4. The van der Waals surface area contributed by atoms with Crippen LogP contribution in [0, 0.1) is 18.6 Å². The molecule has 0 spiro atoms. The van der Waals surface area contributed by atoms with Crippen molar-refractivity contribution in [1.82, 2.24) is 9.38 Å². The van der Waals surface area contributed by atoms with Crippen molar-refractivity contribution in [2.75, 3.05) is 0 Å². The third-order valence-corrected chi connectivity index (χ3v) is 5.49. The van der Waals surface area contributed by atoms with E-state index in [2.05, 4.69) is 9.72 Å². The molecule has 0 bridgehead atoms. The molecule has 3 aromatic rings. The number of hydrogen-bond donors (Lipinski definition) is 1. The van der Waals surface area contributed by atoms with Gasteiger partial charge in [0.1, 0.15) is 29.7 Å². The predicted molar refractivity (Wildman–Crippen MR) is 114 cm³/mol. The van der Waals surface area contributed by atoms with Gasteiger partial charge in [-0.2, -0.15) is 8.78 Å². The first-order valence-corrected chi connectivity index (χ1v) is 10.4. The van der Waals surface area contributed by atoms with E-state index < -0.39 is 30.4 Å². The summed E-state index contributed by atoms with van der Waals surface area (Å²) in [5.41, 5.74) is 5.89. The zero-order chi connectivity index (χ0) is 24.3. The molecular weight excluding hydrogens is 442 g/mol. The van der Waals surface area contributed by atoms with Crippen LogP contribution < -0.4 is 15.2 Å². The maximum absolute atomic E-state index is 14.0. The summed E-state index contributed by atoms with van der Waals surface area (Å²) in [6.45, 7) is 1.69. The second-order valence-electron chi connectivity index (χ2n) is 8.08. The summed E-state index contributed by atoms with van der Waals surface area (Å²) in [7, 11) is 0. The van der Waals surface area contributed by atoms with E-state index in [9.17, 15) is 22.4 Å². The van der Waals surface area contributed by atoms with E-state index in [1.165, 1.54) is 16.7 Å². The molecule has 2 aromatic heterocycles. The van der Waals surface area contributed by atoms with Crippen LogP contribution in [0.3, 0.4) is 0 Å². The van der Waals surface area contributed by atoms with E-state index in [-0.39, 0.29) is 40.6 Å². The fraction of sp³-hybridized carbons (Fsp3) is 0.391. The number of imidazole rings is 1. The summed E-state index contributed by atoms with van der Waals surface area (Å²) in [5.74, 6) is -2.30. The highest BCUT2D eigenvalue weighted by Crippen LogP contribution is 2.30. The number of nitrogens with zero attached hydrogens (tertiary/aromatic N) is 2. The van der Waals surface area contributed by atoms with Gasteiger partial charge in [0.15, 0.2) is 17.2 Å². The second-order valence-corrected chi connectivity index (χ2v) is 8.08. The monoisotopic (exact) mass is 467 g/mol. The molecule has 0 fully saturated rings. The number of aryl methyl sites for hydroxylation is 1. The number of carbonyl (C=O) groups excluding carboxylic acids is 1. The van der Waals surface area contributed by atoms with Crippen LogP contribution in [0.25, 0.3) is 5.65 Å². The molecule has 6 nitrogen and oxygen atoms in total. The Labute approximate surface area is 188 Å². The maximum atomic E-state index is 14.0. The van der Waals surface area contributed by atoms with Gasteiger partial charge in [-0.1, -0.05) is 13.0 Å². The molecule has 10 heteroatoms. The average molecular weight is 467 g/mol. The molecule has 1 aromatic carbocycles. The number of carbonyl (C=O) groups is 1. The minimum Gasteiger partial charge on any atom is -0.485 e. The van der Waals surface area contributed by atoms with Crippen molar-refractivity contribution >= 4 is 11.4 Å². The molecule has 3 rings (SSSR count). The van der Waals surface area contributed by atoms with Crippen molar-refractivity contribution in [2.45, 2.75) is 58.8 Å². The lowest BCUT2D eigenvalue weighted by atomic mass is 9.92. The van der Waals surface area contributed by atoms with Crippen LogP contribution in [0.5, 0.6) is 11.5 Å². The zero-order valence-electron chi connectivity index (χ0n) is 18.5. The number of aromatic nitrogens is 2. The van der Waals surface area contributed by atoms with Crippen LogP contribution in [0.15, 0.2) is 30.5 Å². The molecule has 0 aliphatic rings. The fourth-order valence-electron chi connectivity index (χ4n) is 3.33. The number of benzene rings is 1. The summed E-state index contributed by atoms with van der Waals surface area (Å²) in [5, 5.41) is 0. The van der Waals surface area contributed by atoms with E-state index in [4.69, 9.17) is 10.5 Å². The van der Waals surface area contributed by atoms with Crippen LogP contribution in [0.1, 0.15) is 54.9 Å². The lowest BCUT2D eigenvalue weighted by Crippen LogP contribution is -2.35. The highest BCUT2D eigenvalue weighted by molar-refractivity contribution is 5.96. The molecule has 0 saturated carbocycles. The van der Waals surface area contributed by atoms with Crippen molar-refractivity contribution in [3.05, 3.63) is 59.0 Å². The number of rotatable bonds is 10. The number of nitrogens with two attached hydrogens (primary N) is 1. The van der Waals surface area contributed by atoms with Crippen molar-refractivity contribution in [1.29, 1.82) is 0 Å². The largest absolute Gasteiger partial charge is 0.485 e. The fourth-order valence-corrected chi connectivity index (χ4v) is 3.33. The van der Waals surface area contributed by atoms with E-state index in [0.29, 0.717) is 18.5 Å². The molecule has 0 saturated heterocycles. The number of fused-ring (bicyclic) bond motifs is 1. The molecule has 33 heavy (non-hydrogen) atoms. The summed E-state index contributed by atoms with van der Waals surface area (Å²) >= 11 is 0. The van der Waals surface area contributed by atoms with Gasteiger partial charge in [0.2, 0.25) is 0 Å². The lowest BCUT2D eigenvalue weighted by molar-refractivity contribution is -0.0502. The predicted octanol–water partition coefficient (Wildman–Crippen LogP) is 5.19. The maximum Gasteiger partial charge on any atom is 0.387 e. The van der Waals surface area contributed by atoms with Gasteiger partial charge in [0.25, 0.3) is 0 Å². The molecule has 0 radical (unpaired) electrons. The Morgan fingerprint density at radius 1 is 1.27 bits per heavy atom. The quantitative estimate of drug-likeness (QED) is 0.328. The number of ketones is 1. The zero-order valence-corrected chi connectivity index (χ0v) is 18.5. The van der Waals surface area contributed by atoms with E-state index in [1.54, 1.807) is 6.92 Å². The van der Waals surface area contributed by atoms with Crippen molar-refractivity contribution < 1.29 is 31.8 Å². The molecule has 1 atom stereocenters. The van der Waals surface area contributed by atoms with E-state index >= 15 is 0 Å². The van der Waals surface area contributed by atoms with Gasteiger partial charge >= 0.3 is 6.61 Å². The first-order chi connectivity index (χ1) is 15.5. The molecule has 0 aliphatic heterocycles. The summed E-state index contributed by atoms with van der Waals surface area (Å²) < 4.78 is 65.1. The van der Waals surface area contributed by atoms with Crippen LogP contribution >= 0.6 is 0 Å². The minimum absolute atomic E-state index is 0.0739. The second kappa shape index (κ2) is 9.78. The van der Waals surface area contributed by atoms with Gasteiger partial charge in [0, 0.05) is 18.0 Å². The van der Waals surface area contributed by atoms with Gasteiger partial charge < -0.3 is 15.2 Å². The number of hydrogen-bond acceptors (Lipinski definition) is 5. The number of alkyl halides is 2. The molecule has 0 amide bonds. The third-order valence-electron chi connectivity index (χ3n) is 5.49. The Kier molecular flexibility index (Phi) is 7.26. The first-order valence-electron chi connectivity index (χ1n) is 10.4. The summed E-state index contributed by atoms with van der Waals surface area (Å²) in [4.78, 5) is 17.3.